The molecule has 0 spiro atoms. The minimum atomic E-state index is -0.531. The minimum absolute atomic E-state index is 0.0605. The van der Waals surface area contributed by atoms with E-state index >= 15 is 0 Å². The predicted molar refractivity (Wildman–Crippen MR) is 96.5 cm³/mol. The van der Waals surface area contributed by atoms with Crippen molar-refractivity contribution in [1.29, 1.82) is 0 Å². The number of carbonyl (C=O) groups is 2. The molecule has 3 aromatic rings. The summed E-state index contributed by atoms with van der Waals surface area (Å²) >= 11 is 7.09. The van der Waals surface area contributed by atoms with Crippen LogP contribution in [-0.4, -0.2) is 32.3 Å². The molecule has 10 heteroatoms. The number of benzene rings is 1. The fourth-order valence-electron chi connectivity index (χ4n) is 2.05. The zero-order valence-electron chi connectivity index (χ0n) is 13.6. The highest BCUT2D eigenvalue weighted by molar-refractivity contribution is 7.99. The van der Waals surface area contributed by atoms with E-state index in [4.69, 9.17) is 16.0 Å². The average molecular weight is 392 g/mol. The maximum atomic E-state index is 11.9. The first-order valence-electron chi connectivity index (χ1n) is 7.45. The number of amides is 2. The average Bonchev–Trinajstić information content (AvgIpc) is 3.29. The summed E-state index contributed by atoms with van der Waals surface area (Å²) in [5, 5.41) is 9.43. The van der Waals surface area contributed by atoms with Crippen molar-refractivity contribution in [3.8, 4) is 11.4 Å². The van der Waals surface area contributed by atoms with Gasteiger partial charge in [-0.25, -0.2) is 0 Å². The lowest BCUT2D eigenvalue weighted by Gasteiger charge is -2.06. The largest absolute Gasteiger partial charge is 0.459 e. The Balaban J connectivity index is 1.54. The van der Waals surface area contributed by atoms with Crippen LogP contribution in [-0.2, 0) is 11.8 Å². The molecule has 2 aromatic heterocycles. The zero-order valence-corrected chi connectivity index (χ0v) is 15.2. The summed E-state index contributed by atoms with van der Waals surface area (Å²) in [4.78, 5) is 23.5. The third-order valence-electron chi connectivity index (χ3n) is 3.33. The van der Waals surface area contributed by atoms with Crippen LogP contribution in [0, 0.1) is 0 Å². The molecule has 0 fully saturated rings. The van der Waals surface area contributed by atoms with Gasteiger partial charge in [0.15, 0.2) is 16.7 Å². The molecule has 0 aliphatic carbocycles. The second-order valence-electron chi connectivity index (χ2n) is 5.14. The zero-order chi connectivity index (χ0) is 18.5. The van der Waals surface area contributed by atoms with Gasteiger partial charge in [0.05, 0.1) is 12.0 Å². The van der Waals surface area contributed by atoms with Crippen molar-refractivity contribution in [1.82, 2.24) is 25.6 Å². The van der Waals surface area contributed by atoms with Crippen molar-refractivity contribution in [3.63, 3.8) is 0 Å². The summed E-state index contributed by atoms with van der Waals surface area (Å²) in [6.45, 7) is 0. The van der Waals surface area contributed by atoms with Crippen LogP contribution in [0.1, 0.15) is 10.6 Å². The van der Waals surface area contributed by atoms with Crippen molar-refractivity contribution in [3.05, 3.63) is 53.4 Å². The molecule has 0 saturated carbocycles. The van der Waals surface area contributed by atoms with Crippen LogP contribution in [0.5, 0.6) is 0 Å². The normalized spacial score (nSPS) is 10.5. The standard InChI is InChI=1S/C16H14ClN5O3S/c1-22-14(10-4-6-11(17)7-5-10)19-21-16(22)26-9-13(23)18-20-15(24)12-3-2-8-25-12/h2-8H,9H2,1H3,(H,18,23)(H,20,24). The van der Waals surface area contributed by atoms with Crippen LogP contribution in [0.2, 0.25) is 5.02 Å². The summed E-state index contributed by atoms with van der Waals surface area (Å²) in [6.07, 6.45) is 1.37. The van der Waals surface area contributed by atoms with E-state index < -0.39 is 5.91 Å². The Morgan fingerprint density at radius 1 is 1.19 bits per heavy atom. The molecule has 0 bridgehead atoms. The van der Waals surface area contributed by atoms with Crippen molar-refractivity contribution in [2.45, 2.75) is 5.16 Å². The van der Waals surface area contributed by atoms with Gasteiger partial charge in [0, 0.05) is 17.6 Å². The minimum Gasteiger partial charge on any atom is -0.459 e. The first-order chi connectivity index (χ1) is 12.5. The van der Waals surface area contributed by atoms with Crippen LogP contribution >= 0.6 is 23.4 Å². The fourth-order valence-corrected chi connectivity index (χ4v) is 2.89. The number of nitrogens with zero attached hydrogens (tertiary/aromatic N) is 3. The van der Waals surface area contributed by atoms with Gasteiger partial charge in [-0.1, -0.05) is 23.4 Å². The van der Waals surface area contributed by atoms with Gasteiger partial charge in [0.2, 0.25) is 5.91 Å². The summed E-state index contributed by atoms with van der Waals surface area (Å²) in [5.41, 5.74) is 5.45. The number of hydrogen-bond acceptors (Lipinski definition) is 6. The Bertz CT molecular complexity index is 909. The SMILES string of the molecule is Cn1c(SCC(=O)NNC(=O)c2ccco2)nnc1-c1ccc(Cl)cc1. The van der Waals surface area contributed by atoms with Crippen molar-refractivity contribution >= 4 is 35.2 Å². The van der Waals surface area contributed by atoms with E-state index in [1.807, 2.05) is 19.2 Å². The van der Waals surface area contributed by atoms with Gasteiger partial charge in [0.1, 0.15) is 0 Å². The Hall–Kier alpha value is -2.78. The highest BCUT2D eigenvalue weighted by Crippen LogP contribution is 2.23. The lowest BCUT2D eigenvalue weighted by Crippen LogP contribution is -2.42. The van der Waals surface area contributed by atoms with Crippen molar-refractivity contribution in [2.75, 3.05) is 5.75 Å². The summed E-state index contributed by atoms with van der Waals surface area (Å²) in [6, 6.07) is 10.3. The Kier molecular flexibility index (Phi) is 5.59. The van der Waals surface area contributed by atoms with Crippen LogP contribution in [0.25, 0.3) is 11.4 Å². The molecule has 2 heterocycles. The molecule has 0 aliphatic heterocycles. The van der Waals surface area contributed by atoms with E-state index in [9.17, 15) is 9.59 Å². The molecule has 8 nitrogen and oxygen atoms in total. The van der Waals surface area contributed by atoms with Gasteiger partial charge in [-0.3, -0.25) is 20.4 Å². The monoisotopic (exact) mass is 391 g/mol. The molecule has 0 unspecified atom stereocenters. The maximum Gasteiger partial charge on any atom is 0.305 e. The third kappa shape index (κ3) is 4.24. The molecule has 3 rings (SSSR count). The van der Waals surface area contributed by atoms with E-state index in [-0.39, 0.29) is 17.4 Å². The van der Waals surface area contributed by atoms with Gasteiger partial charge in [-0.15, -0.1) is 10.2 Å². The van der Waals surface area contributed by atoms with Gasteiger partial charge in [-0.05, 0) is 36.4 Å². The highest BCUT2D eigenvalue weighted by atomic mass is 35.5. The molecular formula is C16H14ClN5O3S. The molecular weight excluding hydrogens is 378 g/mol. The van der Waals surface area contributed by atoms with Gasteiger partial charge in [0.25, 0.3) is 0 Å². The van der Waals surface area contributed by atoms with Crippen LogP contribution < -0.4 is 10.9 Å². The topological polar surface area (TPSA) is 102 Å². The van der Waals surface area contributed by atoms with Gasteiger partial charge >= 0.3 is 5.91 Å². The quantitative estimate of drug-likeness (QED) is 0.511. The number of thioether (sulfide) groups is 1. The second kappa shape index (κ2) is 8.07. The van der Waals surface area contributed by atoms with E-state index in [1.165, 1.54) is 24.1 Å². The number of hydrogen-bond donors (Lipinski definition) is 2. The van der Waals surface area contributed by atoms with Crippen LogP contribution in [0.4, 0.5) is 0 Å². The molecule has 0 radical (unpaired) electrons. The second-order valence-corrected chi connectivity index (χ2v) is 6.52. The Morgan fingerprint density at radius 3 is 2.65 bits per heavy atom. The smallest absolute Gasteiger partial charge is 0.305 e. The third-order valence-corrected chi connectivity index (χ3v) is 4.60. The molecule has 1 aromatic carbocycles. The first kappa shape index (κ1) is 18.0. The maximum absolute atomic E-state index is 11.9. The number of rotatable bonds is 5. The Labute approximate surface area is 157 Å². The van der Waals surface area contributed by atoms with Crippen molar-refractivity contribution in [2.24, 2.45) is 7.05 Å². The fraction of sp³-hybridized carbons (Fsp3) is 0.125. The summed E-state index contributed by atoms with van der Waals surface area (Å²) in [7, 11) is 1.81. The Morgan fingerprint density at radius 2 is 1.96 bits per heavy atom. The van der Waals surface area contributed by atoms with Crippen LogP contribution in [0.15, 0.2) is 52.2 Å². The van der Waals surface area contributed by atoms with Gasteiger partial charge < -0.3 is 8.98 Å². The molecule has 0 atom stereocenters. The number of nitrogens with one attached hydrogen (secondary N) is 2. The number of furan rings is 1. The molecule has 0 saturated heterocycles. The number of hydrazine groups is 1. The van der Waals surface area contributed by atoms with E-state index in [0.29, 0.717) is 16.0 Å². The summed E-state index contributed by atoms with van der Waals surface area (Å²) in [5.74, 6) is -0.0806. The van der Waals surface area contributed by atoms with Gasteiger partial charge in [-0.2, -0.15) is 0 Å². The molecule has 2 amide bonds. The van der Waals surface area contributed by atoms with E-state index in [0.717, 1.165) is 5.56 Å². The van der Waals surface area contributed by atoms with E-state index in [2.05, 4.69) is 21.0 Å². The molecule has 134 valence electrons. The van der Waals surface area contributed by atoms with E-state index in [1.54, 1.807) is 22.8 Å². The summed E-state index contributed by atoms with van der Waals surface area (Å²) < 4.78 is 6.71. The number of aromatic nitrogens is 3. The highest BCUT2D eigenvalue weighted by Gasteiger charge is 2.14. The van der Waals surface area contributed by atoms with Crippen LogP contribution in [0.3, 0.4) is 0 Å². The van der Waals surface area contributed by atoms with Crippen molar-refractivity contribution < 1.29 is 14.0 Å². The lowest BCUT2D eigenvalue weighted by molar-refractivity contribution is -0.119. The molecule has 26 heavy (non-hydrogen) atoms. The first-order valence-corrected chi connectivity index (χ1v) is 8.82. The molecule has 0 aliphatic rings. The molecule has 2 N–H and O–H groups in total. The number of halogens is 1. The number of carbonyl (C=O) groups excluding carboxylic acids is 2. The lowest BCUT2D eigenvalue weighted by atomic mass is 10.2. The predicted octanol–water partition coefficient (Wildman–Crippen LogP) is 2.28.